The van der Waals surface area contributed by atoms with Gasteiger partial charge in [0.2, 0.25) is 5.13 Å². The summed E-state index contributed by atoms with van der Waals surface area (Å²) >= 11 is 1.55. The molecule has 110 valence electrons. The average Bonchev–Trinajstić information content (AvgIpc) is 2.91. The maximum atomic E-state index is 9.67. The van der Waals surface area contributed by atoms with Gasteiger partial charge in [-0.05, 0) is 19.1 Å². The molecule has 22 heavy (non-hydrogen) atoms. The fourth-order valence-corrected chi connectivity index (χ4v) is 2.85. The Kier molecular flexibility index (Phi) is 4.16. The van der Waals surface area contributed by atoms with Crippen LogP contribution in [0.4, 0.5) is 5.13 Å². The van der Waals surface area contributed by atoms with Crippen LogP contribution in [-0.4, -0.2) is 16.3 Å². The van der Waals surface area contributed by atoms with Crippen LogP contribution in [0, 0.1) is 6.92 Å². The molecular weight excluding hydrogens is 294 g/mol. The number of anilines is 1. The number of hydrogen-bond donors (Lipinski definition) is 2. The van der Waals surface area contributed by atoms with Crippen molar-refractivity contribution in [3.8, 4) is 17.0 Å². The molecule has 1 heterocycles. The number of hydrogen-bond acceptors (Lipinski definition) is 5. The average molecular weight is 309 g/mol. The summed E-state index contributed by atoms with van der Waals surface area (Å²) in [5, 5.41) is 14.5. The van der Waals surface area contributed by atoms with E-state index in [1.165, 1.54) is 0 Å². The molecule has 4 nitrogen and oxygen atoms in total. The lowest BCUT2D eigenvalue weighted by Gasteiger charge is -1.97. The number of benzene rings is 2. The molecule has 2 N–H and O–H groups in total. The Hall–Kier alpha value is -2.66. The van der Waals surface area contributed by atoms with Gasteiger partial charge in [0.05, 0.1) is 11.9 Å². The van der Waals surface area contributed by atoms with Crippen molar-refractivity contribution in [1.82, 2.24) is 4.98 Å². The molecule has 0 amide bonds. The van der Waals surface area contributed by atoms with E-state index in [9.17, 15) is 5.11 Å². The number of nitrogens with one attached hydrogen (secondary N) is 1. The van der Waals surface area contributed by atoms with Crippen molar-refractivity contribution in [3.05, 3.63) is 65.0 Å². The molecule has 0 spiro atoms. The number of phenolic OH excluding ortho intramolecular Hbond substituents is 1. The summed E-state index contributed by atoms with van der Waals surface area (Å²) in [5.41, 5.74) is 5.63. The Morgan fingerprint density at radius 3 is 2.59 bits per heavy atom. The molecule has 0 bridgehead atoms. The fourth-order valence-electron chi connectivity index (χ4n) is 2.06. The molecular formula is C17H15N3OS. The second kappa shape index (κ2) is 6.41. The number of aryl methyl sites for hydroxylation is 1. The second-order valence-electron chi connectivity index (χ2n) is 4.72. The lowest BCUT2D eigenvalue weighted by molar-refractivity contribution is 0.474. The van der Waals surface area contributed by atoms with Crippen LogP contribution in [0.15, 0.2) is 59.7 Å². The number of phenols is 1. The van der Waals surface area contributed by atoms with Crippen molar-refractivity contribution >= 4 is 22.7 Å². The second-order valence-corrected chi connectivity index (χ2v) is 5.92. The molecule has 0 aliphatic heterocycles. The van der Waals surface area contributed by atoms with Crippen LogP contribution < -0.4 is 5.43 Å². The van der Waals surface area contributed by atoms with E-state index < -0.39 is 0 Å². The molecule has 0 saturated carbocycles. The predicted octanol–water partition coefficient (Wildman–Crippen LogP) is 4.27. The normalized spacial score (nSPS) is 11.0. The maximum Gasteiger partial charge on any atom is 0.204 e. The van der Waals surface area contributed by atoms with Gasteiger partial charge >= 0.3 is 0 Å². The van der Waals surface area contributed by atoms with Gasteiger partial charge in [-0.2, -0.15) is 5.10 Å². The van der Waals surface area contributed by atoms with Gasteiger partial charge in [-0.1, -0.05) is 42.5 Å². The minimum Gasteiger partial charge on any atom is -0.507 e. The van der Waals surface area contributed by atoms with Crippen LogP contribution >= 0.6 is 11.3 Å². The van der Waals surface area contributed by atoms with Crippen molar-refractivity contribution < 1.29 is 5.11 Å². The molecule has 0 aliphatic carbocycles. The van der Waals surface area contributed by atoms with E-state index >= 15 is 0 Å². The quantitative estimate of drug-likeness (QED) is 0.559. The van der Waals surface area contributed by atoms with Crippen LogP contribution in [0.3, 0.4) is 0 Å². The number of aromatic hydroxyl groups is 1. The largest absolute Gasteiger partial charge is 0.507 e. The van der Waals surface area contributed by atoms with Crippen molar-refractivity contribution in [2.45, 2.75) is 6.92 Å². The fraction of sp³-hybridized carbons (Fsp3) is 0.0588. The number of hydrazone groups is 1. The van der Waals surface area contributed by atoms with Gasteiger partial charge in [0.15, 0.2) is 0 Å². The van der Waals surface area contributed by atoms with E-state index in [2.05, 4.69) is 15.5 Å². The summed E-state index contributed by atoms with van der Waals surface area (Å²) in [4.78, 5) is 5.70. The molecule has 3 aromatic rings. The van der Waals surface area contributed by atoms with E-state index in [4.69, 9.17) is 0 Å². The Labute approximate surface area is 132 Å². The van der Waals surface area contributed by atoms with Crippen LogP contribution in [0.1, 0.15) is 10.4 Å². The third kappa shape index (κ3) is 3.15. The zero-order valence-electron chi connectivity index (χ0n) is 12.0. The van der Waals surface area contributed by atoms with Gasteiger partial charge in [0, 0.05) is 16.0 Å². The standard InChI is InChI=1S/C17H15N3OS/c1-12-16(13-7-3-2-4-8-13)19-17(22-12)20-18-11-14-9-5-6-10-15(14)21/h2-11,21H,1H3,(H,19,20)/b18-11-. The van der Waals surface area contributed by atoms with Crippen molar-refractivity contribution in [2.75, 3.05) is 5.43 Å². The zero-order valence-corrected chi connectivity index (χ0v) is 12.8. The first kappa shape index (κ1) is 14.3. The highest BCUT2D eigenvalue weighted by Gasteiger charge is 2.08. The number of para-hydroxylation sites is 1. The van der Waals surface area contributed by atoms with E-state index in [1.807, 2.05) is 43.3 Å². The summed E-state index contributed by atoms with van der Waals surface area (Å²) in [5.74, 6) is 0.202. The highest BCUT2D eigenvalue weighted by molar-refractivity contribution is 7.15. The summed E-state index contributed by atoms with van der Waals surface area (Å²) in [6.07, 6.45) is 1.58. The van der Waals surface area contributed by atoms with Crippen LogP contribution in [-0.2, 0) is 0 Å². The maximum absolute atomic E-state index is 9.67. The minimum atomic E-state index is 0.202. The molecule has 0 fully saturated rings. The highest BCUT2D eigenvalue weighted by Crippen LogP contribution is 2.30. The molecule has 0 atom stereocenters. The third-order valence-electron chi connectivity index (χ3n) is 3.14. The Bertz CT molecular complexity index is 797. The predicted molar refractivity (Wildman–Crippen MR) is 91.6 cm³/mol. The van der Waals surface area contributed by atoms with Gasteiger partial charge < -0.3 is 5.11 Å². The Morgan fingerprint density at radius 1 is 1.09 bits per heavy atom. The Balaban J connectivity index is 1.76. The first-order chi connectivity index (χ1) is 10.7. The Morgan fingerprint density at radius 2 is 1.82 bits per heavy atom. The lowest BCUT2D eigenvalue weighted by atomic mass is 10.1. The molecule has 5 heteroatoms. The van der Waals surface area contributed by atoms with Gasteiger partial charge in [-0.25, -0.2) is 4.98 Å². The molecule has 0 radical (unpaired) electrons. The van der Waals surface area contributed by atoms with Gasteiger partial charge in [-0.15, -0.1) is 11.3 Å². The minimum absolute atomic E-state index is 0.202. The van der Waals surface area contributed by atoms with Crippen LogP contribution in [0.2, 0.25) is 0 Å². The molecule has 3 rings (SSSR count). The monoisotopic (exact) mass is 309 g/mol. The first-order valence-corrected chi connectivity index (χ1v) is 7.65. The van der Waals surface area contributed by atoms with Crippen LogP contribution in [0.5, 0.6) is 5.75 Å². The molecule has 0 aliphatic rings. The molecule has 0 unspecified atom stereocenters. The van der Waals surface area contributed by atoms with E-state index in [1.54, 1.807) is 35.8 Å². The first-order valence-electron chi connectivity index (χ1n) is 6.84. The van der Waals surface area contributed by atoms with E-state index in [-0.39, 0.29) is 5.75 Å². The third-order valence-corrected chi connectivity index (χ3v) is 4.02. The van der Waals surface area contributed by atoms with E-state index in [0.717, 1.165) is 21.3 Å². The number of aromatic nitrogens is 1. The van der Waals surface area contributed by atoms with E-state index in [0.29, 0.717) is 5.56 Å². The number of rotatable bonds is 4. The van der Waals surface area contributed by atoms with Crippen molar-refractivity contribution in [2.24, 2.45) is 5.10 Å². The topological polar surface area (TPSA) is 57.5 Å². The summed E-state index contributed by atoms with van der Waals surface area (Å²) in [7, 11) is 0. The highest BCUT2D eigenvalue weighted by atomic mass is 32.1. The lowest BCUT2D eigenvalue weighted by Crippen LogP contribution is -1.90. The molecule has 2 aromatic carbocycles. The smallest absolute Gasteiger partial charge is 0.204 e. The summed E-state index contributed by atoms with van der Waals surface area (Å²) in [6, 6.07) is 17.1. The van der Waals surface area contributed by atoms with Gasteiger partial charge in [0.25, 0.3) is 0 Å². The molecule has 1 aromatic heterocycles. The van der Waals surface area contributed by atoms with Gasteiger partial charge in [-0.3, -0.25) is 5.43 Å². The summed E-state index contributed by atoms with van der Waals surface area (Å²) < 4.78 is 0. The van der Waals surface area contributed by atoms with Crippen LogP contribution in [0.25, 0.3) is 11.3 Å². The number of nitrogens with zero attached hydrogens (tertiary/aromatic N) is 2. The van der Waals surface area contributed by atoms with Crippen molar-refractivity contribution in [1.29, 1.82) is 0 Å². The number of thiazole rings is 1. The molecule has 0 saturated heterocycles. The SMILES string of the molecule is Cc1sc(N/N=C\c2ccccc2O)nc1-c1ccccc1. The zero-order chi connectivity index (χ0) is 15.4. The van der Waals surface area contributed by atoms with Crippen molar-refractivity contribution in [3.63, 3.8) is 0 Å². The van der Waals surface area contributed by atoms with Gasteiger partial charge in [0.1, 0.15) is 5.75 Å². The summed E-state index contributed by atoms with van der Waals surface area (Å²) in [6.45, 7) is 2.04.